The SMILES string of the molecule is CCC(CSC)Nc1nnc(CCl)o1. The van der Waals surface area contributed by atoms with Gasteiger partial charge in [-0.05, 0) is 12.7 Å². The van der Waals surface area contributed by atoms with E-state index in [4.69, 9.17) is 16.0 Å². The highest BCUT2D eigenvalue weighted by Crippen LogP contribution is 2.11. The second-order valence-corrected chi connectivity index (χ2v) is 4.02. The average molecular weight is 236 g/mol. The van der Waals surface area contributed by atoms with Crippen LogP contribution in [0, 0.1) is 0 Å². The molecule has 0 saturated carbocycles. The number of halogens is 1. The first-order valence-electron chi connectivity index (χ1n) is 4.44. The molecule has 0 aliphatic heterocycles. The van der Waals surface area contributed by atoms with E-state index in [0.717, 1.165) is 12.2 Å². The molecule has 0 bridgehead atoms. The Bertz CT molecular complexity index is 269. The van der Waals surface area contributed by atoms with Gasteiger partial charge in [0.15, 0.2) is 0 Å². The molecule has 0 aliphatic carbocycles. The molecule has 1 aromatic rings. The van der Waals surface area contributed by atoms with Crippen molar-refractivity contribution < 1.29 is 4.42 Å². The van der Waals surface area contributed by atoms with E-state index in [0.29, 0.717) is 17.9 Å². The standard InChI is InChI=1S/C8H14ClN3OS/c1-3-6(5-14-2)10-8-12-11-7(4-9)13-8/h6H,3-5H2,1-2H3,(H,10,12). The van der Waals surface area contributed by atoms with Crippen LogP contribution in [0.3, 0.4) is 0 Å². The summed E-state index contributed by atoms with van der Waals surface area (Å²) in [6, 6.07) is 0.829. The predicted molar refractivity (Wildman–Crippen MR) is 59.9 cm³/mol. The molecule has 0 fully saturated rings. The molecule has 14 heavy (non-hydrogen) atoms. The number of alkyl halides is 1. The molecule has 80 valence electrons. The quantitative estimate of drug-likeness (QED) is 0.768. The lowest BCUT2D eigenvalue weighted by atomic mass is 10.3. The molecule has 0 aromatic carbocycles. The van der Waals surface area contributed by atoms with Crippen LogP contribution >= 0.6 is 23.4 Å². The predicted octanol–water partition coefficient (Wildman–Crippen LogP) is 2.36. The van der Waals surface area contributed by atoms with Gasteiger partial charge in [-0.25, -0.2) is 0 Å². The van der Waals surface area contributed by atoms with E-state index in [1.807, 2.05) is 0 Å². The van der Waals surface area contributed by atoms with E-state index >= 15 is 0 Å². The summed E-state index contributed by atoms with van der Waals surface area (Å²) in [7, 11) is 0. The zero-order chi connectivity index (χ0) is 10.4. The van der Waals surface area contributed by atoms with E-state index in [9.17, 15) is 0 Å². The Kier molecular flexibility index (Phi) is 5.11. The van der Waals surface area contributed by atoms with Crippen molar-refractivity contribution >= 4 is 29.4 Å². The van der Waals surface area contributed by atoms with Crippen molar-refractivity contribution in [2.45, 2.75) is 25.3 Å². The summed E-state index contributed by atoms with van der Waals surface area (Å²) in [5, 5.41) is 10.8. The zero-order valence-corrected chi connectivity index (χ0v) is 9.86. The molecular formula is C8H14ClN3OS. The van der Waals surface area contributed by atoms with Gasteiger partial charge < -0.3 is 9.73 Å². The van der Waals surface area contributed by atoms with Gasteiger partial charge in [0.05, 0.1) is 0 Å². The molecule has 0 spiro atoms. The molecule has 4 nitrogen and oxygen atoms in total. The first kappa shape index (κ1) is 11.7. The molecule has 0 radical (unpaired) electrons. The number of aromatic nitrogens is 2. The van der Waals surface area contributed by atoms with Crippen LogP contribution in [0.25, 0.3) is 0 Å². The van der Waals surface area contributed by atoms with E-state index in [1.54, 1.807) is 11.8 Å². The third-order valence-electron chi connectivity index (χ3n) is 1.77. The number of anilines is 1. The van der Waals surface area contributed by atoms with Crippen molar-refractivity contribution in [2.75, 3.05) is 17.3 Å². The Balaban J connectivity index is 2.48. The molecule has 1 aromatic heterocycles. The van der Waals surface area contributed by atoms with Crippen molar-refractivity contribution in [1.82, 2.24) is 10.2 Å². The molecule has 1 rings (SSSR count). The van der Waals surface area contributed by atoms with Crippen LogP contribution in [-0.2, 0) is 5.88 Å². The monoisotopic (exact) mass is 235 g/mol. The van der Waals surface area contributed by atoms with E-state index in [-0.39, 0.29) is 5.88 Å². The van der Waals surface area contributed by atoms with Crippen LogP contribution in [0.5, 0.6) is 0 Å². The number of nitrogens with one attached hydrogen (secondary N) is 1. The first-order valence-corrected chi connectivity index (χ1v) is 6.36. The summed E-state index contributed by atoms with van der Waals surface area (Å²) in [6.45, 7) is 2.12. The fourth-order valence-corrected chi connectivity index (χ4v) is 1.83. The maximum Gasteiger partial charge on any atom is 0.315 e. The summed E-state index contributed by atoms with van der Waals surface area (Å²) >= 11 is 7.33. The van der Waals surface area contributed by atoms with Gasteiger partial charge in [-0.1, -0.05) is 12.0 Å². The van der Waals surface area contributed by atoms with Crippen molar-refractivity contribution in [3.8, 4) is 0 Å². The van der Waals surface area contributed by atoms with Gasteiger partial charge in [0, 0.05) is 11.8 Å². The zero-order valence-electron chi connectivity index (χ0n) is 8.29. The third-order valence-corrected chi connectivity index (χ3v) is 2.73. The van der Waals surface area contributed by atoms with Crippen LogP contribution in [0.4, 0.5) is 6.01 Å². The minimum atomic E-state index is 0.258. The van der Waals surface area contributed by atoms with Crippen LogP contribution in [-0.4, -0.2) is 28.2 Å². The number of rotatable bonds is 6. The Labute approximate surface area is 92.8 Å². The average Bonchev–Trinajstić information content (AvgIpc) is 2.65. The topological polar surface area (TPSA) is 51.0 Å². The van der Waals surface area contributed by atoms with Gasteiger partial charge in [-0.15, -0.1) is 16.7 Å². The molecule has 0 aliphatic rings. The maximum atomic E-state index is 5.54. The third kappa shape index (κ3) is 3.38. The Morgan fingerprint density at radius 2 is 2.36 bits per heavy atom. The van der Waals surface area contributed by atoms with Crippen LogP contribution in [0.1, 0.15) is 19.2 Å². The van der Waals surface area contributed by atoms with Crippen molar-refractivity contribution in [3.63, 3.8) is 0 Å². The van der Waals surface area contributed by atoms with Gasteiger partial charge in [-0.2, -0.15) is 11.8 Å². The lowest BCUT2D eigenvalue weighted by Crippen LogP contribution is -2.21. The fourth-order valence-electron chi connectivity index (χ4n) is 1.00. The molecule has 6 heteroatoms. The molecule has 1 atom stereocenters. The molecule has 0 saturated heterocycles. The van der Waals surface area contributed by atoms with Gasteiger partial charge in [0.1, 0.15) is 5.88 Å². The highest BCUT2D eigenvalue weighted by molar-refractivity contribution is 7.98. The Hall–Kier alpha value is -0.420. The van der Waals surface area contributed by atoms with Gasteiger partial charge in [0.25, 0.3) is 0 Å². The number of nitrogens with zero attached hydrogens (tertiary/aromatic N) is 2. The first-order chi connectivity index (χ1) is 6.80. The Morgan fingerprint density at radius 1 is 1.57 bits per heavy atom. The normalized spacial score (nSPS) is 12.8. The number of hydrogen-bond donors (Lipinski definition) is 1. The van der Waals surface area contributed by atoms with Crippen LogP contribution in [0.2, 0.25) is 0 Å². The molecule has 1 heterocycles. The smallest absolute Gasteiger partial charge is 0.315 e. The summed E-state index contributed by atoms with van der Waals surface area (Å²) in [6.07, 6.45) is 3.10. The van der Waals surface area contributed by atoms with Crippen molar-refractivity contribution in [2.24, 2.45) is 0 Å². The van der Waals surface area contributed by atoms with Gasteiger partial charge in [-0.3, -0.25) is 0 Å². The highest BCUT2D eigenvalue weighted by atomic mass is 35.5. The van der Waals surface area contributed by atoms with E-state index in [2.05, 4.69) is 28.7 Å². The maximum absolute atomic E-state index is 5.54. The second kappa shape index (κ2) is 6.14. The lowest BCUT2D eigenvalue weighted by Gasteiger charge is -2.12. The summed E-state index contributed by atoms with van der Waals surface area (Å²) in [4.78, 5) is 0. The Morgan fingerprint density at radius 3 is 2.86 bits per heavy atom. The minimum Gasteiger partial charge on any atom is -0.407 e. The van der Waals surface area contributed by atoms with E-state index in [1.165, 1.54) is 0 Å². The molecule has 1 unspecified atom stereocenters. The number of thioether (sulfide) groups is 1. The molecular weight excluding hydrogens is 222 g/mol. The number of hydrogen-bond acceptors (Lipinski definition) is 5. The largest absolute Gasteiger partial charge is 0.407 e. The summed E-state index contributed by atoms with van der Waals surface area (Å²) in [5.74, 6) is 1.73. The van der Waals surface area contributed by atoms with Crippen LogP contribution < -0.4 is 5.32 Å². The van der Waals surface area contributed by atoms with Crippen LogP contribution in [0.15, 0.2) is 4.42 Å². The van der Waals surface area contributed by atoms with Crippen molar-refractivity contribution in [3.05, 3.63) is 5.89 Å². The summed E-state index contributed by atoms with van der Waals surface area (Å²) < 4.78 is 5.24. The van der Waals surface area contributed by atoms with E-state index < -0.39 is 0 Å². The highest BCUT2D eigenvalue weighted by Gasteiger charge is 2.10. The lowest BCUT2D eigenvalue weighted by molar-refractivity contribution is 0.518. The molecule has 1 N–H and O–H groups in total. The minimum absolute atomic E-state index is 0.258. The van der Waals surface area contributed by atoms with Crippen molar-refractivity contribution in [1.29, 1.82) is 0 Å². The fraction of sp³-hybridized carbons (Fsp3) is 0.750. The second-order valence-electron chi connectivity index (χ2n) is 2.84. The van der Waals surface area contributed by atoms with Gasteiger partial charge in [0.2, 0.25) is 5.89 Å². The summed E-state index contributed by atoms with van der Waals surface area (Å²) in [5.41, 5.74) is 0. The van der Waals surface area contributed by atoms with Gasteiger partial charge >= 0.3 is 6.01 Å². The molecule has 0 amide bonds.